The Morgan fingerprint density at radius 3 is 3.00 bits per heavy atom. The second-order valence-electron chi connectivity index (χ2n) is 3.28. The van der Waals surface area contributed by atoms with Crippen LogP contribution in [0.25, 0.3) is 11.1 Å². The van der Waals surface area contributed by atoms with Crippen molar-refractivity contribution in [1.29, 1.82) is 0 Å². The number of carbonyl (C=O) groups is 1. The number of hydrogen-bond donors (Lipinski definition) is 1. The lowest BCUT2D eigenvalue weighted by Crippen LogP contribution is -2.10. The zero-order valence-corrected chi connectivity index (χ0v) is 8.49. The van der Waals surface area contributed by atoms with Crippen LogP contribution in [0.1, 0.15) is 19.8 Å². The highest BCUT2D eigenvalue weighted by Crippen LogP contribution is 2.17. The Labute approximate surface area is 87.3 Å². The molecule has 2 rings (SSSR count). The number of hydrogen-bond acceptors (Lipinski definition) is 3. The van der Waals surface area contributed by atoms with Gasteiger partial charge in [0.1, 0.15) is 5.52 Å². The van der Waals surface area contributed by atoms with Crippen molar-refractivity contribution in [3.05, 3.63) is 24.3 Å². The third-order valence-electron chi connectivity index (χ3n) is 2.02. The fraction of sp³-hybridized carbons (Fsp3) is 0.273. The van der Waals surface area contributed by atoms with Gasteiger partial charge in [-0.1, -0.05) is 19.1 Å². The summed E-state index contributed by atoms with van der Waals surface area (Å²) in [5.74, 6) is -0.0657. The second-order valence-corrected chi connectivity index (χ2v) is 3.28. The zero-order chi connectivity index (χ0) is 10.7. The summed E-state index contributed by atoms with van der Waals surface area (Å²) in [6, 6.07) is 7.68. The number of para-hydroxylation sites is 2. The first-order valence-corrected chi connectivity index (χ1v) is 4.95. The highest BCUT2D eigenvalue weighted by molar-refractivity contribution is 5.89. The van der Waals surface area contributed by atoms with E-state index in [1.54, 1.807) is 0 Å². The molecule has 1 aromatic heterocycles. The number of fused-ring (bicyclic) bond motifs is 1. The second kappa shape index (κ2) is 4.13. The third kappa shape index (κ3) is 2.15. The Morgan fingerprint density at radius 1 is 1.47 bits per heavy atom. The molecular weight excluding hydrogens is 192 g/mol. The Hall–Kier alpha value is -1.84. The van der Waals surface area contributed by atoms with E-state index in [-0.39, 0.29) is 11.9 Å². The van der Waals surface area contributed by atoms with Crippen molar-refractivity contribution in [2.45, 2.75) is 19.8 Å². The molecule has 1 amide bonds. The predicted octanol–water partition coefficient (Wildman–Crippen LogP) is 2.57. The van der Waals surface area contributed by atoms with Crippen LogP contribution in [0.3, 0.4) is 0 Å². The fourth-order valence-electron chi connectivity index (χ4n) is 1.33. The third-order valence-corrected chi connectivity index (χ3v) is 2.02. The quantitative estimate of drug-likeness (QED) is 0.835. The molecule has 0 fully saturated rings. The lowest BCUT2D eigenvalue weighted by Gasteiger charge is -1.96. The summed E-state index contributed by atoms with van der Waals surface area (Å²) in [5.41, 5.74) is 1.44. The molecule has 15 heavy (non-hydrogen) atoms. The molecule has 0 aliphatic carbocycles. The summed E-state index contributed by atoms with van der Waals surface area (Å²) >= 11 is 0. The van der Waals surface area contributed by atoms with Gasteiger partial charge in [0.05, 0.1) is 0 Å². The van der Waals surface area contributed by atoms with Gasteiger partial charge in [-0.3, -0.25) is 10.1 Å². The van der Waals surface area contributed by atoms with E-state index in [0.29, 0.717) is 12.0 Å². The molecular formula is C11H12N2O2. The molecule has 1 heterocycles. The van der Waals surface area contributed by atoms with E-state index in [2.05, 4.69) is 10.3 Å². The molecule has 4 heteroatoms. The van der Waals surface area contributed by atoms with Crippen LogP contribution in [-0.2, 0) is 4.79 Å². The van der Waals surface area contributed by atoms with Crippen LogP contribution in [0.4, 0.5) is 6.01 Å². The number of rotatable bonds is 3. The molecule has 0 saturated carbocycles. The first kappa shape index (κ1) is 9.71. The van der Waals surface area contributed by atoms with Crippen molar-refractivity contribution >= 4 is 23.0 Å². The molecule has 0 aliphatic rings. The van der Waals surface area contributed by atoms with Gasteiger partial charge >= 0.3 is 6.01 Å². The topological polar surface area (TPSA) is 55.1 Å². The van der Waals surface area contributed by atoms with E-state index < -0.39 is 0 Å². The molecule has 1 aromatic carbocycles. The van der Waals surface area contributed by atoms with Crippen LogP contribution in [0.15, 0.2) is 28.7 Å². The summed E-state index contributed by atoms with van der Waals surface area (Å²) in [5, 5.41) is 2.62. The van der Waals surface area contributed by atoms with Crippen LogP contribution in [-0.4, -0.2) is 10.9 Å². The molecule has 4 nitrogen and oxygen atoms in total. The van der Waals surface area contributed by atoms with Gasteiger partial charge < -0.3 is 4.42 Å². The Balaban J connectivity index is 2.18. The van der Waals surface area contributed by atoms with Gasteiger partial charge in [0.15, 0.2) is 5.58 Å². The summed E-state index contributed by atoms with van der Waals surface area (Å²) in [6.07, 6.45) is 1.30. The van der Waals surface area contributed by atoms with Gasteiger partial charge in [-0.25, -0.2) is 0 Å². The first-order valence-electron chi connectivity index (χ1n) is 4.95. The monoisotopic (exact) mass is 204 g/mol. The van der Waals surface area contributed by atoms with E-state index in [1.807, 2.05) is 31.2 Å². The summed E-state index contributed by atoms with van der Waals surface area (Å²) in [4.78, 5) is 15.4. The van der Waals surface area contributed by atoms with E-state index in [1.165, 1.54) is 0 Å². The van der Waals surface area contributed by atoms with Crippen LogP contribution in [0.2, 0.25) is 0 Å². The molecule has 0 bridgehead atoms. The minimum absolute atomic E-state index is 0.0657. The number of nitrogens with zero attached hydrogens (tertiary/aromatic N) is 1. The predicted molar refractivity (Wildman–Crippen MR) is 57.5 cm³/mol. The smallest absolute Gasteiger partial charge is 0.302 e. The highest BCUT2D eigenvalue weighted by Gasteiger charge is 2.07. The maximum absolute atomic E-state index is 11.3. The number of aromatic nitrogens is 1. The standard InChI is InChI=1S/C11H12N2O2/c1-2-5-10(14)13-11-12-8-6-3-4-7-9(8)15-11/h3-4,6-7H,2,5H2,1H3,(H,12,13,14). The maximum atomic E-state index is 11.3. The van der Waals surface area contributed by atoms with Gasteiger partial charge in [0.2, 0.25) is 5.91 Å². The number of benzene rings is 1. The number of oxazole rings is 1. The lowest BCUT2D eigenvalue weighted by molar-refractivity contribution is -0.116. The van der Waals surface area contributed by atoms with Crippen LogP contribution in [0.5, 0.6) is 0 Å². The minimum atomic E-state index is -0.0657. The molecule has 2 aromatic rings. The van der Waals surface area contributed by atoms with Crippen LogP contribution < -0.4 is 5.32 Å². The maximum Gasteiger partial charge on any atom is 0.302 e. The molecule has 78 valence electrons. The Kier molecular flexibility index (Phi) is 2.67. The normalized spacial score (nSPS) is 10.5. The number of amides is 1. The van der Waals surface area contributed by atoms with E-state index in [0.717, 1.165) is 11.9 Å². The molecule has 0 atom stereocenters. The SMILES string of the molecule is CCCC(=O)Nc1nc2ccccc2o1. The number of carbonyl (C=O) groups excluding carboxylic acids is 1. The largest absolute Gasteiger partial charge is 0.423 e. The zero-order valence-electron chi connectivity index (χ0n) is 8.49. The van der Waals surface area contributed by atoms with Crippen LogP contribution >= 0.6 is 0 Å². The van der Waals surface area contributed by atoms with Gasteiger partial charge in [-0.15, -0.1) is 0 Å². The van der Waals surface area contributed by atoms with Gasteiger partial charge in [0, 0.05) is 6.42 Å². The molecule has 0 aliphatic heterocycles. The van der Waals surface area contributed by atoms with E-state index in [4.69, 9.17) is 4.42 Å². The van der Waals surface area contributed by atoms with E-state index in [9.17, 15) is 4.79 Å². The molecule has 0 spiro atoms. The number of nitrogens with one attached hydrogen (secondary N) is 1. The van der Waals surface area contributed by atoms with Crippen molar-refractivity contribution in [3.63, 3.8) is 0 Å². The Bertz CT molecular complexity index is 443. The van der Waals surface area contributed by atoms with Crippen LogP contribution in [0, 0.1) is 0 Å². The molecule has 0 saturated heterocycles. The first-order chi connectivity index (χ1) is 7.29. The average Bonchev–Trinajstić information content (AvgIpc) is 2.59. The minimum Gasteiger partial charge on any atom is -0.423 e. The molecule has 0 radical (unpaired) electrons. The van der Waals surface area contributed by atoms with E-state index >= 15 is 0 Å². The van der Waals surface area contributed by atoms with Gasteiger partial charge in [0.25, 0.3) is 0 Å². The highest BCUT2D eigenvalue weighted by atomic mass is 16.4. The molecule has 1 N–H and O–H groups in total. The van der Waals surface area contributed by atoms with Crippen molar-refractivity contribution in [2.75, 3.05) is 5.32 Å². The van der Waals surface area contributed by atoms with Gasteiger partial charge in [-0.05, 0) is 18.6 Å². The fourth-order valence-corrected chi connectivity index (χ4v) is 1.33. The lowest BCUT2D eigenvalue weighted by atomic mass is 10.3. The summed E-state index contributed by atoms with van der Waals surface area (Å²) < 4.78 is 5.34. The van der Waals surface area contributed by atoms with Crippen molar-refractivity contribution in [2.24, 2.45) is 0 Å². The number of anilines is 1. The van der Waals surface area contributed by atoms with Crippen molar-refractivity contribution in [1.82, 2.24) is 4.98 Å². The van der Waals surface area contributed by atoms with Gasteiger partial charge in [-0.2, -0.15) is 4.98 Å². The average molecular weight is 204 g/mol. The Morgan fingerprint density at radius 2 is 2.27 bits per heavy atom. The molecule has 0 unspecified atom stereocenters. The van der Waals surface area contributed by atoms with Crippen molar-refractivity contribution in [3.8, 4) is 0 Å². The summed E-state index contributed by atoms with van der Waals surface area (Å²) in [7, 11) is 0. The summed E-state index contributed by atoms with van der Waals surface area (Å²) in [6.45, 7) is 1.95. The van der Waals surface area contributed by atoms with Crippen molar-refractivity contribution < 1.29 is 9.21 Å².